The Hall–Kier alpha value is -2.02. The van der Waals surface area contributed by atoms with Gasteiger partial charge >= 0.3 is 0 Å². The van der Waals surface area contributed by atoms with Gasteiger partial charge in [-0.3, -0.25) is 9.78 Å². The van der Waals surface area contributed by atoms with Crippen LogP contribution in [0.4, 0.5) is 5.69 Å². The summed E-state index contributed by atoms with van der Waals surface area (Å²) in [6.07, 6.45) is 7.50. The van der Waals surface area contributed by atoms with Gasteiger partial charge in [-0.15, -0.1) is 22.9 Å². The van der Waals surface area contributed by atoms with Crippen LogP contribution >= 0.6 is 22.9 Å². The highest BCUT2D eigenvalue weighted by Gasteiger charge is 2.21. The third-order valence-corrected chi connectivity index (χ3v) is 6.05. The summed E-state index contributed by atoms with van der Waals surface area (Å²) in [5, 5.41) is 3.97. The molecule has 0 bridgehead atoms. The standard InChI is InChI=1S/C20H20ClN3O2S/c21-14-4-2-6-16(10-14)26-12-19(25)23-15-5-1-3-13(9-15)20-24-17-7-8-22-11-18(17)27-20/h1,3,5,7-9,11,14,16H,2,4,6,10,12H2,(H,23,25)/t14-,16?/m0/s1. The number of amides is 1. The molecule has 7 heteroatoms. The third kappa shape index (κ3) is 4.64. The fourth-order valence-corrected chi connectivity index (χ4v) is 4.55. The number of halogens is 1. The SMILES string of the molecule is O=C(COC1CCC[C@H](Cl)C1)Nc1cccc(-c2nc3ccncc3s2)c1. The molecule has 140 valence electrons. The minimum absolute atomic E-state index is 0.0469. The van der Waals surface area contributed by atoms with Gasteiger partial charge in [0.25, 0.3) is 0 Å². The molecule has 1 fully saturated rings. The molecule has 0 spiro atoms. The number of pyridine rings is 1. The van der Waals surface area contributed by atoms with E-state index in [-0.39, 0.29) is 24.0 Å². The molecule has 1 aliphatic carbocycles. The van der Waals surface area contributed by atoms with Gasteiger partial charge in [-0.2, -0.15) is 0 Å². The Morgan fingerprint density at radius 3 is 3.11 bits per heavy atom. The van der Waals surface area contributed by atoms with Crippen LogP contribution in [-0.4, -0.2) is 34.0 Å². The maximum atomic E-state index is 12.2. The number of ether oxygens (including phenoxy) is 1. The second-order valence-corrected chi connectivity index (χ2v) is 8.34. The number of thiazole rings is 1. The maximum Gasteiger partial charge on any atom is 0.250 e. The van der Waals surface area contributed by atoms with Crippen molar-refractivity contribution < 1.29 is 9.53 Å². The number of hydrogen-bond donors (Lipinski definition) is 1. The second kappa shape index (κ2) is 8.33. The lowest BCUT2D eigenvalue weighted by molar-refractivity contribution is -0.123. The normalized spacial score (nSPS) is 19.9. The van der Waals surface area contributed by atoms with Crippen LogP contribution in [0.15, 0.2) is 42.7 Å². The zero-order valence-corrected chi connectivity index (χ0v) is 16.3. The number of aromatic nitrogens is 2. The van der Waals surface area contributed by atoms with Gasteiger partial charge in [-0.25, -0.2) is 4.98 Å². The molecule has 0 aliphatic heterocycles. The lowest BCUT2D eigenvalue weighted by Crippen LogP contribution is -2.27. The lowest BCUT2D eigenvalue weighted by atomic mass is 9.97. The smallest absolute Gasteiger partial charge is 0.250 e. The fourth-order valence-electron chi connectivity index (χ4n) is 3.26. The summed E-state index contributed by atoms with van der Waals surface area (Å²) in [5.41, 5.74) is 2.63. The van der Waals surface area contributed by atoms with Crippen molar-refractivity contribution in [2.24, 2.45) is 0 Å². The van der Waals surface area contributed by atoms with Crippen molar-refractivity contribution in [3.63, 3.8) is 0 Å². The molecule has 27 heavy (non-hydrogen) atoms. The zero-order chi connectivity index (χ0) is 18.6. The third-order valence-electron chi connectivity index (χ3n) is 4.60. The van der Waals surface area contributed by atoms with Crippen LogP contribution in [0.3, 0.4) is 0 Å². The van der Waals surface area contributed by atoms with Gasteiger partial charge in [0.2, 0.25) is 5.91 Å². The Labute approximate surface area is 166 Å². The molecule has 0 saturated heterocycles. The average molecular weight is 402 g/mol. The summed E-state index contributed by atoms with van der Waals surface area (Å²) >= 11 is 7.76. The summed E-state index contributed by atoms with van der Waals surface area (Å²) in [5.74, 6) is -0.155. The van der Waals surface area contributed by atoms with Crippen LogP contribution in [0.25, 0.3) is 20.8 Å². The zero-order valence-electron chi connectivity index (χ0n) is 14.7. The lowest BCUT2D eigenvalue weighted by Gasteiger charge is -2.25. The Bertz CT molecular complexity index is 913. The summed E-state index contributed by atoms with van der Waals surface area (Å²) < 4.78 is 6.77. The van der Waals surface area contributed by atoms with Crippen LogP contribution in [0, 0.1) is 0 Å². The molecule has 1 amide bonds. The molecule has 1 N–H and O–H groups in total. The molecule has 1 aliphatic rings. The first-order valence-corrected chi connectivity index (χ1v) is 10.3. The van der Waals surface area contributed by atoms with Crippen LogP contribution in [0.1, 0.15) is 25.7 Å². The number of benzene rings is 1. The molecule has 2 heterocycles. The van der Waals surface area contributed by atoms with Gasteiger partial charge in [0.05, 0.1) is 16.3 Å². The number of nitrogens with zero attached hydrogens (tertiary/aromatic N) is 2. The number of nitrogens with one attached hydrogen (secondary N) is 1. The monoisotopic (exact) mass is 401 g/mol. The van der Waals surface area contributed by atoms with E-state index >= 15 is 0 Å². The molecule has 2 atom stereocenters. The first-order chi connectivity index (χ1) is 13.2. The minimum atomic E-state index is -0.155. The van der Waals surface area contributed by atoms with Gasteiger partial charge in [-0.05, 0) is 43.9 Å². The molecule has 2 aromatic heterocycles. The number of fused-ring (bicyclic) bond motifs is 1. The van der Waals surface area contributed by atoms with Crippen molar-refractivity contribution in [3.05, 3.63) is 42.7 Å². The minimum Gasteiger partial charge on any atom is -0.368 e. The molecule has 1 unspecified atom stereocenters. The number of carbonyl (C=O) groups is 1. The predicted molar refractivity (Wildman–Crippen MR) is 109 cm³/mol. The van der Waals surface area contributed by atoms with E-state index in [0.29, 0.717) is 0 Å². The number of alkyl halides is 1. The number of carbonyl (C=O) groups excluding carboxylic acids is 1. The summed E-state index contributed by atoms with van der Waals surface area (Å²) in [6, 6.07) is 9.59. The summed E-state index contributed by atoms with van der Waals surface area (Å²) in [7, 11) is 0. The molecule has 3 aromatic rings. The average Bonchev–Trinajstić information content (AvgIpc) is 3.11. The largest absolute Gasteiger partial charge is 0.368 e. The fraction of sp³-hybridized carbons (Fsp3) is 0.350. The molecular formula is C20H20ClN3O2S. The topological polar surface area (TPSA) is 64.1 Å². The van der Waals surface area contributed by atoms with Gasteiger partial charge < -0.3 is 10.1 Å². The van der Waals surface area contributed by atoms with Crippen LogP contribution < -0.4 is 5.32 Å². The van der Waals surface area contributed by atoms with E-state index in [1.807, 2.05) is 36.5 Å². The van der Waals surface area contributed by atoms with E-state index in [2.05, 4.69) is 15.3 Å². The summed E-state index contributed by atoms with van der Waals surface area (Å²) in [4.78, 5) is 21.0. The molecule has 5 nitrogen and oxygen atoms in total. The van der Waals surface area contributed by atoms with E-state index in [1.165, 1.54) is 0 Å². The van der Waals surface area contributed by atoms with Crippen molar-refractivity contribution >= 4 is 44.7 Å². The quantitative estimate of drug-likeness (QED) is 0.620. The Balaban J connectivity index is 1.39. The highest BCUT2D eigenvalue weighted by molar-refractivity contribution is 7.21. The van der Waals surface area contributed by atoms with Crippen molar-refractivity contribution in [3.8, 4) is 10.6 Å². The Morgan fingerprint density at radius 2 is 2.26 bits per heavy atom. The molecule has 4 rings (SSSR count). The first kappa shape index (κ1) is 18.3. The van der Waals surface area contributed by atoms with Crippen LogP contribution in [0.5, 0.6) is 0 Å². The van der Waals surface area contributed by atoms with E-state index in [4.69, 9.17) is 16.3 Å². The van der Waals surface area contributed by atoms with E-state index in [1.54, 1.807) is 17.5 Å². The predicted octanol–water partition coefficient (Wildman–Crippen LogP) is 4.86. The number of hydrogen-bond acceptors (Lipinski definition) is 5. The highest BCUT2D eigenvalue weighted by atomic mass is 35.5. The molecule has 1 saturated carbocycles. The summed E-state index contributed by atoms with van der Waals surface area (Å²) in [6.45, 7) is 0.0469. The van der Waals surface area contributed by atoms with E-state index in [0.717, 1.165) is 52.2 Å². The van der Waals surface area contributed by atoms with Gasteiger partial charge in [0.15, 0.2) is 0 Å². The van der Waals surface area contributed by atoms with E-state index in [9.17, 15) is 4.79 Å². The molecule has 0 radical (unpaired) electrons. The van der Waals surface area contributed by atoms with Crippen molar-refractivity contribution in [1.29, 1.82) is 0 Å². The van der Waals surface area contributed by atoms with Crippen molar-refractivity contribution in [1.82, 2.24) is 9.97 Å². The molecular weight excluding hydrogens is 382 g/mol. The van der Waals surface area contributed by atoms with Gasteiger partial charge in [0, 0.05) is 29.0 Å². The van der Waals surface area contributed by atoms with Crippen molar-refractivity contribution in [2.45, 2.75) is 37.2 Å². The van der Waals surface area contributed by atoms with Gasteiger partial charge in [-0.1, -0.05) is 12.1 Å². The Kier molecular flexibility index (Phi) is 5.66. The number of rotatable bonds is 5. The van der Waals surface area contributed by atoms with Gasteiger partial charge in [0.1, 0.15) is 11.6 Å². The first-order valence-electron chi connectivity index (χ1n) is 9.04. The molecule has 1 aromatic carbocycles. The Morgan fingerprint density at radius 1 is 1.33 bits per heavy atom. The number of anilines is 1. The van der Waals surface area contributed by atoms with E-state index < -0.39 is 0 Å². The highest BCUT2D eigenvalue weighted by Crippen LogP contribution is 2.31. The van der Waals surface area contributed by atoms with Crippen LogP contribution in [-0.2, 0) is 9.53 Å². The van der Waals surface area contributed by atoms with Crippen LogP contribution in [0.2, 0.25) is 0 Å². The van der Waals surface area contributed by atoms with Crippen molar-refractivity contribution in [2.75, 3.05) is 11.9 Å². The maximum absolute atomic E-state index is 12.2. The second-order valence-electron chi connectivity index (χ2n) is 6.69.